The molecule has 0 bridgehead atoms. The molecule has 0 radical (unpaired) electrons. The fraction of sp³-hybridized carbons (Fsp3) is 0.579. The van der Waals surface area contributed by atoms with Crippen LogP contribution in [0.2, 0.25) is 0 Å². The van der Waals surface area contributed by atoms with E-state index >= 15 is 0 Å². The van der Waals surface area contributed by atoms with Crippen LogP contribution in [0.3, 0.4) is 0 Å². The molecule has 1 unspecified atom stereocenters. The molecule has 1 atom stereocenters. The number of unbranched alkanes of at least 4 members (excludes halogenated alkanes) is 10. The van der Waals surface area contributed by atoms with Gasteiger partial charge in [0.15, 0.2) is 5.78 Å². The zero-order chi connectivity index (χ0) is 46.3. The molecule has 356 valence electrons. The molecule has 0 heterocycles. The normalized spacial score (nSPS) is 19.7. The lowest BCUT2D eigenvalue weighted by atomic mass is 9.80. The van der Waals surface area contributed by atoms with Crippen molar-refractivity contribution in [3.8, 4) is 11.5 Å². The highest BCUT2D eigenvalue weighted by molar-refractivity contribution is 6.01. The topological polar surface area (TPSA) is 145 Å². The maximum absolute atomic E-state index is 13.5. The highest BCUT2D eigenvalue weighted by Gasteiger charge is 2.43. The van der Waals surface area contributed by atoms with Crippen LogP contribution in [0.15, 0.2) is 78.9 Å². The molecule has 5 rings (SSSR count). The fourth-order valence-corrected chi connectivity index (χ4v) is 9.88. The number of nitrogen functional groups attached to an aromatic ring is 2. The van der Waals surface area contributed by atoms with Crippen molar-refractivity contribution >= 4 is 35.1 Å². The third-order valence-electron chi connectivity index (χ3n) is 14.2. The zero-order valence-electron chi connectivity index (χ0n) is 39.9. The van der Waals surface area contributed by atoms with E-state index in [1.807, 2.05) is 48.5 Å². The van der Waals surface area contributed by atoms with Gasteiger partial charge in [-0.2, -0.15) is 0 Å². The van der Waals surface area contributed by atoms with Gasteiger partial charge in [0.25, 0.3) is 0 Å². The van der Waals surface area contributed by atoms with Crippen molar-refractivity contribution in [3.05, 3.63) is 95.6 Å². The predicted octanol–water partition coefficient (Wildman–Crippen LogP) is 13.4. The van der Waals surface area contributed by atoms with Crippen molar-refractivity contribution in [1.82, 2.24) is 0 Å². The second kappa shape index (κ2) is 27.9. The summed E-state index contributed by atoms with van der Waals surface area (Å²) in [5.41, 5.74) is 14.5. The van der Waals surface area contributed by atoms with Crippen molar-refractivity contribution in [2.24, 2.45) is 23.7 Å². The highest BCUT2D eigenvalue weighted by Crippen LogP contribution is 2.37. The maximum Gasteiger partial charge on any atom is 0.235 e. The molecule has 3 aromatic carbocycles. The van der Waals surface area contributed by atoms with Gasteiger partial charge in [0.2, 0.25) is 11.6 Å². The van der Waals surface area contributed by atoms with E-state index in [9.17, 15) is 19.8 Å². The van der Waals surface area contributed by atoms with Gasteiger partial charge in [-0.15, -0.1) is 0 Å². The van der Waals surface area contributed by atoms with Gasteiger partial charge in [0, 0.05) is 17.8 Å². The van der Waals surface area contributed by atoms with Crippen molar-refractivity contribution < 1.29 is 29.3 Å². The third kappa shape index (κ3) is 18.1. The van der Waals surface area contributed by atoms with Crippen LogP contribution in [-0.2, 0) is 9.59 Å². The lowest BCUT2D eigenvalue weighted by Gasteiger charge is -2.30. The summed E-state index contributed by atoms with van der Waals surface area (Å²) in [6, 6.07) is 19.6. The summed E-state index contributed by atoms with van der Waals surface area (Å²) in [6.45, 7) is 5.94. The molecule has 2 aliphatic rings. The summed E-state index contributed by atoms with van der Waals surface area (Å²) in [4.78, 5) is 27.0. The lowest BCUT2D eigenvalue weighted by Crippen LogP contribution is -2.44. The van der Waals surface area contributed by atoms with Gasteiger partial charge in [-0.3, -0.25) is 9.59 Å². The first-order valence-electron chi connectivity index (χ1n) is 25.5. The molecule has 2 aliphatic carbocycles. The van der Waals surface area contributed by atoms with E-state index in [1.54, 1.807) is 12.1 Å². The van der Waals surface area contributed by atoms with Gasteiger partial charge in [0.1, 0.15) is 11.5 Å². The van der Waals surface area contributed by atoms with E-state index < -0.39 is 23.3 Å². The molecule has 65 heavy (non-hydrogen) atoms. The number of ketones is 2. The van der Waals surface area contributed by atoms with Gasteiger partial charge in [-0.1, -0.05) is 172 Å². The fourth-order valence-electron chi connectivity index (χ4n) is 9.88. The van der Waals surface area contributed by atoms with Gasteiger partial charge in [-0.05, 0) is 115 Å². The molecular formula is C57H82N2O6. The smallest absolute Gasteiger partial charge is 0.235 e. The maximum atomic E-state index is 13.5. The first-order chi connectivity index (χ1) is 31.5. The standard InChI is InChI=1S/C57H82N2O6/c1-3-5-7-9-11-13-15-43-17-21-47(22-18-43)41-64-51-33-26-45(27-34-51)25-32-50(60)40-54(53-37-31-49(58)39-55(53)59)57(62,63)56(61)38-30-46-28-35-52(36-29-46)65-42-48-23-19-44(20-24-48)16-14-12-10-8-6-4-2/h25-39,43-44,47-48,54,62-63H,3-24,40-42,58-59H2,1-2H3/b32-25+,38-30+. The Morgan fingerprint density at radius 1 is 0.600 bits per heavy atom. The minimum atomic E-state index is -2.94. The third-order valence-corrected chi connectivity index (χ3v) is 14.2. The SMILES string of the molecule is CCCCCCCCC1CCC(COc2ccc(/C=C/C(=O)CC(c3ccc(N)cc3N)C(O)(O)C(=O)/C=C/c3ccc(OCC4CCC(CCCCCCCC)CC4)cc3)cc2)CC1. The number of benzene rings is 3. The molecule has 8 heteroatoms. The van der Waals surface area contributed by atoms with Gasteiger partial charge in [-0.25, -0.2) is 0 Å². The van der Waals surface area contributed by atoms with Crippen LogP contribution in [-0.4, -0.2) is 40.8 Å². The molecular weight excluding hydrogens is 809 g/mol. The largest absolute Gasteiger partial charge is 0.493 e. The minimum absolute atomic E-state index is 0.157. The summed E-state index contributed by atoms with van der Waals surface area (Å²) in [7, 11) is 0. The Bertz CT molecular complexity index is 1890. The number of hydrogen-bond donors (Lipinski definition) is 4. The van der Waals surface area contributed by atoms with Crippen LogP contribution in [0.1, 0.15) is 184 Å². The van der Waals surface area contributed by atoms with Crippen molar-refractivity contribution in [3.63, 3.8) is 0 Å². The summed E-state index contributed by atoms with van der Waals surface area (Å²) in [6.07, 6.45) is 34.4. The van der Waals surface area contributed by atoms with Crippen LogP contribution >= 0.6 is 0 Å². The number of carbonyl (C=O) groups is 2. The first-order valence-corrected chi connectivity index (χ1v) is 25.5. The number of anilines is 2. The highest BCUT2D eigenvalue weighted by atomic mass is 16.5. The molecule has 2 fully saturated rings. The van der Waals surface area contributed by atoms with E-state index in [0.29, 0.717) is 36.3 Å². The van der Waals surface area contributed by atoms with E-state index in [-0.39, 0.29) is 17.7 Å². The van der Waals surface area contributed by atoms with Crippen LogP contribution in [0.25, 0.3) is 12.2 Å². The molecule has 0 spiro atoms. The molecule has 8 nitrogen and oxygen atoms in total. The van der Waals surface area contributed by atoms with Crippen LogP contribution in [0.4, 0.5) is 11.4 Å². The number of ether oxygens (including phenoxy) is 2. The van der Waals surface area contributed by atoms with Crippen LogP contribution < -0.4 is 20.9 Å². The van der Waals surface area contributed by atoms with Crippen molar-refractivity contribution in [2.75, 3.05) is 24.7 Å². The Morgan fingerprint density at radius 2 is 1.03 bits per heavy atom. The van der Waals surface area contributed by atoms with E-state index in [2.05, 4.69) is 13.8 Å². The average Bonchev–Trinajstić information content (AvgIpc) is 3.31. The molecule has 3 aromatic rings. The monoisotopic (exact) mass is 891 g/mol. The lowest BCUT2D eigenvalue weighted by molar-refractivity contribution is -0.187. The van der Waals surface area contributed by atoms with Crippen molar-refractivity contribution in [2.45, 2.75) is 173 Å². The Hall–Kier alpha value is -4.40. The van der Waals surface area contributed by atoms with E-state index in [0.717, 1.165) is 35.0 Å². The van der Waals surface area contributed by atoms with E-state index in [4.69, 9.17) is 20.9 Å². The number of allylic oxidation sites excluding steroid dienone is 1. The van der Waals surface area contributed by atoms with Crippen LogP contribution in [0, 0.1) is 23.7 Å². The predicted molar refractivity (Wildman–Crippen MR) is 269 cm³/mol. The number of nitrogens with two attached hydrogens (primary N) is 2. The minimum Gasteiger partial charge on any atom is -0.493 e. The quantitative estimate of drug-likeness (QED) is 0.0233. The summed E-state index contributed by atoms with van der Waals surface area (Å²) in [5.74, 6) is -1.24. The first kappa shape index (κ1) is 51.6. The summed E-state index contributed by atoms with van der Waals surface area (Å²) < 4.78 is 12.3. The van der Waals surface area contributed by atoms with E-state index in [1.165, 1.54) is 166 Å². The Labute approximate surface area is 391 Å². The second-order valence-electron chi connectivity index (χ2n) is 19.5. The summed E-state index contributed by atoms with van der Waals surface area (Å²) in [5, 5.41) is 22.9. The van der Waals surface area contributed by atoms with Gasteiger partial charge in [0.05, 0.1) is 19.1 Å². The number of hydrogen-bond acceptors (Lipinski definition) is 8. The number of aliphatic hydroxyl groups is 2. The Morgan fingerprint density at radius 3 is 1.49 bits per heavy atom. The summed E-state index contributed by atoms with van der Waals surface area (Å²) >= 11 is 0. The Kier molecular flexibility index (Phi) is 22.2. The zero-order valence-corrected chi connectivity index (χ0v) is 39.9. The molecule has 0 saturated heterocycles. The van der Waals surface area contributed by atoms with Gasteiger partial charge >= 0.3 is 0 Å². The average molecular weight is 891 g/mol. The second-order valence-corrected chi connectivity index (χ2v) is 19.5. The molecule has 0 aromatic heterocycles. The molecule has 2 saturated carbocycles. The molecule has 0 aliphatic heterocycles. The number of carbonyl (C=O) groups excluding carboxylic acids is 2. The van der Waals surface area contributed by atoms with Crippen molar-refractivity contribution in [1.29, 1.82) is 0 Å². The molecule has 0 amide bonds. The molecule has 6 N–H and O–H groups in total. The van der Waals surface area contributed by atoms with Gasteiger partial charge < -0.3 is 31.2 Å². The Balaban J connectivity index is 1.08. The number of rotatable bonds is 29. The van der Waals surface area contributed by atoms with Crippen LogP contribution in [0.5, 0.6) is 11.5 Å².